The zero-order chi connectivity index (χ0) is 17.7. The number of para-hydroxylation sites is 1. The third-order valence-corrected chi connectivity index (χ3v) is 4.21. The molecule has 0 aliphatic carbocycles. The second kappa shape index (κ2) is 7.90. The van der Waals surface area contributed by atoms with E-state index in [1.54, 1.807) is 13.8 Å². The van der Waals surface area contributed by atoms with E-state index >= 15 is 0 Å². The number of nitrogens with one attached hydrogen (secondary N) is 2. The molecule has 128 valence electrons. The molecule has 0 bridgehead atoms. The number of aromatic amines is 1. The highest BCUT2D eigenvalue weighted by atomic mass is 16.1. The number of benzene rings is 1. The number of carbonyl (C=O) groups is 1. The Bertz CT molecular complexity index is 771. The minimum Gasteiger partial charge on any atom is -0.326 e. The molecule has 1 amide bonds. The van der Waals surface area contributed by atoms with Crippen LogP contribution < -0.4 is 10.9 Å². The number of aryl methyl sites for hydroxylation is 4. The van der Waals surface area contributed by atoms with Crippen LogP contribution in [0.15, 0.2) is 23.0 Å². The van der Waals surface area contributed by atoms with E-state index in [9.17, 15) is 9.59 Å². The Morgan fingerprint density at radius 3 is 2.33 bits per heavy atom. The van der Waals surface area contributed by atoms with Gasteiger partial charge in [-0.1, -0.05) is 32.0 Å². The van der Waals surface area contributed by atoms with Crippen molar-refractivity contribution in [3.05, 3.63) is 56.8 Å². The summed E-state index contributed by atoms with van der Waals surface area (Å²) >= 11 is 0. The molecule has 1 aromatic heterocycles. The number of H-pyrrole nitrogens is 1. The van der Waals surface area contributed by atoms with Gasteiger partial charge in [-0.2, -0.15) is 0 Å². The largest absolute Gasteiger partial charge is 0.326 e. The first-order valence-electron chi connectivity index (χ1n) is 8.43. The fourth-order valence-electron chi connectivity index (χ4n) is 2.89. The lowest BCUT2D eigenvalue weighted by molar-refractivity contribution is -0.116. The van der Waals surface area contributed by atoms with Gasteiger partial charge >= 0.3 is 0 Å². The molecule has 0 unspecified atom stereocenters. The third kappa shape index (κ3) is 4.10. The molecule has 1 heterocycles. The van der Waals surface area contributed by atoms with Gasteiger partial charge in [0.1, 0.15) is 5.82 Å². The van der Waals surface area contributed by atoms with Crippen LogP contribution >= 0.6 is 0 Å². The molecule has 0 saturated carbocycles. The molecule has 0 radical (unpaired) electrons. The van der Waals surface area contributed by atoms with Gasteiger partial charge in [0.15, 0.2) is 0 Å². The van der Waals surface area contributed by atoms with Crippen molar-refractivity contribution in [2.45, 2.75) is 53.4 Å². The summed E-state index contributed by atoms with van der Waals surface area (Å²) < 4.78 is 0. The van der Waals surface area contributed by atoms with Gasteiger partial charge in [-0.15, -0.1) is 0 Å². The average molecular weight is 327 g/mol. The minimum absolute atomic E-state index is 0.0787. The summed E-state index contributed by atoms with van der Waals surface area (Å²) in [6.45, 7) is 7.70. The summed E-state index contributed by atoms with van der Waals surface area (Å²) in [7, 11) is 0. The van der Waals surface area contributed by atoms with Gasteiger partial charge in [0.25, 0.3) is 5.56 Å². The van der Waals surface area contributed by atoms with E-state index in [-0.39, 0.29) is 17.9 Å². The predicted octanol–water partition coefficient (Wildman–Crippen LogP) is 3.08. The SMILES string of the molecule is CCc1cccc(CC)c1NC(=O)CCc1c(C)nc(C)[nH]c1=O. The van der Waals surface area contributed by atoms with Gasteiger partial charge in [0.05, 0.1) is 0 Å². The molecule has 0 aliphatic rings. The highest BCUT2D eigenvalue weighted by Crippen LogP contribution is 2.22. The third-order valence-electron chi connectivity index (χ3n) is 4.21. The molecule has 0 atom stereocenters. The van der Waals surface area contributed by atoms with E-state index in [0.29, 0.717) is 23.5 Å². The number of amides is 1. The van der Waals surface area contributed by atoms with Crippen LogP contribution in [0, 0.1) is 13.8 Å². The lowest BCUT2D eigenvalue weighted by Crippen LogP contribution is -2.21. The lowest BCUT2D eigenvalue weighted by Gasteiger charge is -2.14. The van der Waals surface area contributed by atoms with Gasteiger partial charge in [-0.05, 0) is 44.2 Å². The quantitative estimate of drug-likeness (QED) is 0.856. The maximum Gasteiger partial charge on any atom is 0.254 e. The lowest BCUT2D eigenvalue weighted by atomic mass is 10.0. The molecule has 0 saturated heterocycles. The van der Waals surface area contributed by atoms with Crippen LogP contribution in [0.25, 0.3) is 0 Å². The fourth-order valence-corrected chi connectivity index (χ4v) is 2.89. The summed E-state index contributed by atoms with van der Waals surface area (Å²) in [5, 5.41) is 3.03. The van der Waals surface area contributed by atoms with E-state index < -0.39 is 0 Å². The van der Waals surface area contributed by atoms with E-state index in [4.69, 9.17) is 0 Å². The molecule has 0 aliphatic heterocycles. The number of hydrogen-bond donors (Lipinski definition) is 2. The standard InChI is InChI=1S/C19H25N3O2/c1-5-14-8-7-9-15(6-2)18(14)22-17(23)11-10-16-12(3)20-13(4)21-19(16)24/h7-9H,5-6,10-11H2,1-4H3,(H,22,23)(H,20,21,24). The van der Waals surface area contributed by atoms with Crippen LogP contribution in [-0.4, -0.2) is 15.9 Å². The van der Waals surface area contributed by atoms with Gasteiger partial charge in [0, 0.05) is 23.4 Å². The van der Waals surface area contributed by atoms with E-state index in [2.05, 4.69) is 29.1 Å². The van der Waals surface area contributed by atoms with E-state index in [1.807, 2.05) is 18.2 Å². The van der Waals surface area contributed by atoms with E-state index in [1.165, 1.54) is 0 Å². The van der Waals surface area contributed by atoms with Crippen molar-refractivity contribution in [2.24, 2.45) is 0 Å². The predicted molar refractivity (Wildman–Crippen MR) is 96.5 cm³/mol. The van der Waals surface area contributed by atoms with Crippen molar-refractivity contribution in [3.8, 4) is 0 Å². The van der Waals surface area contributed by atoms with Crippen molar-refractivity contribution in [1.82, 2.24) is 9.97 Å². The normalized spacial score (nSPS) is 10.7. The maximum atomic E-state index is 12.4. The first kappa shape index (κ1) is 17.9. The van der Waals surface area contributed by atoms with Gasteiger partial charge in [-0.3, -0.25) is 9.59 Å². The molecule has 24 heavy (non-hydrogen) atoms. The highest BCUT2D eigenvalue weighted by Gasteiger charge is 2.12. The smallest absolute Gasteiger partial charge is 0.254 e. The minimum atomic E-state index is -0.156. The van der Waals surface area contributed by atoms with Crippen molar-refractivity contribution in [1.29, 1.82) is 0 Å². The summed E-state index contributed by atoms with van der Waals surface area (Å²) in [5.41, 5.74) is 4.29. The van der Waals surface area contributed by atoms with Crippen LogP contribution in [-0.2, 0) is 24.1 Å². The molecule has 0 spiro atoms. The number of carbonyl (C=O) groups excluding carboxylic acids is 1. The molecular weight excluding hydrogens is 302 g/mol. The Morgan fingerprint density at radius 2 is 1.79 bits per heavy atom. The molecule has 5 heteroatoms. The number of nitrogens with zero attached hydrogens (tertiary/aromatic N) is 1. The molecule has 2 aromatic rings. The number of anilines is 1. The zero-order valence-electron chi connectivity index (χ0n) is 14.8. The van der Waals surface area contributed by atoms with Crippen LogP contribution in [0.5, 0.6) is 0 Å². The van der Waals surface area contributed by atoms with Gasteiger partial charge < -0.3 is 10.3 Å². The van der Waals surface area contributed by atoms with Crippen molar-refractivity contribution in [2.75, 3.05) is 5.32 Å². The molecule has 2 N–H and O–H groups in total. The van der Waals surface area contributed by atoms with Crippen LogP contribution in [0.2, 0.25) is 0 Å². The summed E-state index contributed by atoms with van der Waals surface area (Å²) in [5.74, 6) is 0.514. The van der Waals surface area contributed by atoms with Crippen molar-refractivity contribution in [3.63, 3.8) is 0 Å². The Hall–Kier alpha value is -2.43. The summed E-state index contributed by atoms with van der Waals surface area (Å²) in [6.07, 6.45) is 2.38. The Balaban J connectivity index is 2.12. The van der Waals surface area contributed by atoms with Crippen molar-refractivity contribution < 1.29 is 4.79 Å². The van der Waals surface area contributed by atoms with E-state index in [0.717, 1.165) is 29.7 Å². The number of aromatic nitrogens is 2. The summed E-state index contributed by atoms with van der Waals surface area (Å²) in [4.78, 5) is 31.3. The monoisotopic (exact) mass is 327 g/mol. The van der Waals surface area contributed by atoms with Crippen LogP contribution in [0.4, 0.5) is 5.69 Å². The number of rotatable bonds is 6. The molecule has 1 aromatic carbocycles. The van der Waals surface area contributed by atoms with Crippen molar-refractivity contribution >= 4 is 11.6 Å². The second-order valence-electron chi connectivity index (χ2n) is 5.92. The van der Waals surface area contributed by atoms with Gasteiger partial charge in [0.2, 0.25) is 5.91 Å². The Morgan fingerprint density at radius 1 is 1.17 bits per heavy atom. The maximum absolute atomic E-state index is 12.4. The molecular formula is C19H25N3O2. The Labute approximate surface area is 142 Å². The fraction of sp³-hybridized carbons (Fsp3) is 0.421. The highest BCUT2D eigenvalue weighted by molar-refractivity contribution is 5.92. The summed E-state index contributed by atoms with van der Waals surface area (Å²) in [6, 6.07) is 6.09. The van der Waals surface area contributed by atoms with Crippen LogP contribution in [0.3, 0.4) is 0 Å². The first-order chi connectivity index (χ1) is 11.5. The Kier molecular flexibility index (Phi) is 5.90. The van der Waals surface area contributed by atoms with Crippen LogP contribution in [0.1, 0.15) is 48.5 Å². The first-order valence-corrected chi connectivity index (χ1v) is 8.43. The zero-order valence-corrected chi connectivity index (χ0v) is 14.8. The second-order valence-corrected chi connectivity index (χ2v) is 5.92. The topological polar surface area (TPSA) is 74.8 Å². The van der Waals surface area contributed by atoms with Gasteiger partial charge in [-0.25, -0.2) is 4.98 Å². The molecule has 2 rings (SSSR count). The number of hydrogen-bond acceptors (Lipinski definition) is 3. The molecule has 5 nitrogen and oxygen atoms in total. The average Bonchev–Trinajstić information content (AvgIpc) is 2.54. The molecule has 0 fully saturated rings.